The van der Waals surface area contributed by atoms with E-state index in [0.29, 0.717) is 11.3 Å². The molecule has 0 aliphatic rings. The largest absolute Gasteiger partial charge is 0.496 e. The number of rotatable bonds is 4. The Morgan fingerprint density at radius 2 is 2.30 bits per heavy atom. The van der Waals surface area contributed by atoms with E-state index in [4.69, 9.17) is 4.74 Å². The Morgan fingerprint density at radius 1 is 1.55 bits per heavy atom. The predicted octanol–water partition coefficient (Wildman–Crippen LogP) is 3.07. The van der Waals surface area contributed by atoms with Crippen molar-refractivity contribution in [1.29, 1.82) is 0 Å². The fourth-order valence-corrected chi connectivity index (χ4v) is 2.39. The molecule has 0 radical (unpaired) electrons. The molecule has 0 aliphatic heterocycles. The van der Waals surface area contributed by atoms with Crippen molar-refractivity contribution in [3.05, 3.63) is 44.5 Å². The number of carbonyl (C=O) groups is 1. The summed E-state index contributed by atoms with van der Waals surface area (Å²) in [4.78, 5) is 25.8. The van der Waals surface area contributed by atoms with Gasteiger partial charge in [0.15, 0.2) is 5.13 Å². The van der Waals surface area contributed by atoms with Gasteiger partial charge in [-0.25, -0.2) is 4.98 Å². The molecule has 0 saturated heterocycles. The number of benzene rings is 1. The van der Waals surface area contributed by atoms with Crippen molar-refractivity contribution in [2.45, 2.75) is 0 Å². The number of methoxy groups -OCH3 is 1. The van der Waals surface area contributed by atoms with Gasteiger partial charge in [0.1, 0.15) is 11.9 Å². The van der Waals surface area contributed by atoms with E-state index < -0.39 is 10.8 Å². The second-order valence-electron chi connectivity index (χ2n) is 3.56. The molecule has 0 fully saturated rings. The fraction of sp³-hybridized carbons (Fsp3) is 0.0909. The monoisotopic (exact) mass is 357 g/mol. The number of anilines is 1. The first-order chi connectivity index (χ1) is 9.51. The van der Waals surface area contributed by atoms with Crippen molar-refractivity contribution in [3.8, 4) is 5.75 Å². The molecule has 0 aliphatic carbocycles. The van der Waals surface area contributed by atoms with Crippen molar-refractivity contribution < 1.29 is 14.5 Å². The van der Waals surface area contributed by atoms with Crippen molar-refractivity contribution in [2.24, 2.45) is 0 Å². The highest BCUT2D eigenvalue weighted by Gasteiger charge is 2.17. The van der Waals surface area contributed by atoms with Gasteiger partial charge in [0.25, 0.3) is 5.91 Å². The van der Waals surface area contributed by atoms with Crippen LogP contribution in [0.25, 0.3) is 0 Å². The minimum Gasteiger partial charge on any atom is -0.496 e. The van der Waals surface area contributed by atoms with Gasteiger partial charge >= 0.3 is 5.00 Å². The number of amides is 1. The maximum Gasteiger partial charge on any atom is 0.345 e. The zero-order valence-electron chi connectivity index (χ0n) is 10.1. The number of aromatic nitrogens is 1. The Morgan fingerprint density at radius 3 is 2.90 bits per heavy atom. The van der Waals surface area contributed by atoms with Crippen molar-refractivity contribution >= 4 is 43.3 Å². The molecule has 7 nitrogen and oxygen atoms in total. The summed E-state index contributed by atoms with van der Waals surface area (Å²) in [7, 11) is 1.45. The van der Waals surface area contributed by atoms with E-state index in [2.05, 4.69) is 26.2 Å². The Balaban J connectivity index is 2.21. The number of halogens is 1. The van der Waals surface area contributed by atoms with Gasteiger partial charge in [-0.15, -0.1) is 0 Å². The maximum atomic E-state index is 12.1. The molecule has 0 spiro atoms. The normalized spacial score (nSPS) is 10.1. The number of hydrogen-bond donors (Lipinski definition) is 1. The first-order valence-corrected chi connectivity index (χ1v) is 6.87. The van der Waals surface area contributed by atoms with Crippen LogP contribution in [0.5, 0.6) is 5.75 Å². The topological polar surface area (TPSA) is 94.4 Å². The van der Waals surface area contributed by atoms with Crippen LogP contribution in [0.15, 0.2) is 28.9 Å². The third kappa shape index (κ3) is 3.11. The highest BCUT2D eigenvalue weighted by molar-refractivity contribution is 9.10. The summed E-state index contributed by atoms with van der Waals surface area (Å²) < 4.78 is 5.89. The van der Waals surface area contributed by atoms with Crippen LogP contribution in [0.4, 0.5) is 10.1 Å². The quantitative estimate of drug-likeness (QED) is 0.670. The highest BCUT2D eigenvalue weighted by atomic mass is 79.9. The summed E-state index contributed by atoms with van der Waals surface area (Å²) in [5, 5.41) is 13.1. The van der Waals surface area contributed by atoms with Gasteiger partial charge in [0.2, 0.25) is 0 Å². The van der Waals surface area contributed by atoms with Crippen molar-refractivity contribution in [3.63, 3.8) is 0 Å². The van der Waals surface area contributed by atoms with Gasteiger partial charge in [0, 0.05) is 4.47 Å². The molecule has 0 atom stereocenters. The van der Waals surface area contributed by atoms with Gasteiger partial charge in [-0.05, 0) is 29.5 Å². The van der Waals surface area contributed by atoms with Crippen LogP contribution in [-0.2, 0) is 0 Å². The lowest BCUT2D eigenvalue weighted by atomic mass is 10.2. The number of nitrogens with one attached hydrogen (secondary N) is 1. The van der Waals surface area contributed by atoms with E-state index in [1.807, 2.05) is 0 Å². The number of hydrogen-bond acceptors (Lipinski definition) is 6. The lowest BCUT2D eigenvalue weighted by molar-refractivity contribution is -0.380. The average molecular weight is 358 g/mol. The second kappa shape index (κ2) is 5.97. The van der Waals surface area contributed by atoms with E-state index in [9.17, 15) is 14.9 Å². The van der Waals surface area contributed by atoms with Gasteiger partial charge in [-0.2, -0.15) is 0 Å². The smallest absolute Gasteiger partial charge is 0.345 e. The highest BCUT2D eigenvalue weighted by Crippen LogP contribution is 2.27. The lowest BCUT2D eigenvalue weighted by Gasteiger charge is -2.07. The van der Waals surface area contributed by atoms with Crippen LogP contribution in [0, 0.1) is 10.1 Å². The first kappa shape index (κ1) is 14.4. The molecule has 0 saturated carbocycles. The Bertz CT molecular complexity index is 673. The molecule has 1 heterocycles. The summed E-state index contributed by atoms with van der Waals surface area (Å²) in [6.07, 6.45) is 1.10. The summed E-state index contributed by atoms with van der Waals surface area (Å²) in [5.74, 6) is -0.0541. The van der Waals surface area contributed by atoms with Gasteiger partial charge in [-0.1, -0.05) is 15.9 Å². The second-order valence-corrected chi connectivity index (χ2v) is 5.48. The molecule has 104 valence electrons. The van der Waals surface area contributed by atoms with Crippen molar-refractivity contribution in [1.82, 2.24) is 4.98 Å². The molecule has 0 bridgehead atoms. The first-order valence-electron chi connectivity index (χ1n) is 5.26. The zero-order chi connectivity index (χ0) is 14.7. The zero-order valence-corrected chi connectivity index (χ0v) is 12.5. The summed E-state index contributed by atoms with van der Waals surface area (Å²) >= 11 is 4.06. The molecule has 1 aromatic carbocycles. The Labute approximate surface area is 125 Å². The van der Waals surface area contributed by atoms with E-state index >= 15 is 0 Å². The lowest BCUT2D eigenvalue weighted by Crippen LogP contribution is -2.12. The number of carbonyl (C=O) groups excluding carboxylic acids is 1. The molecular formula is C11H8BrN3O4S. The summed E-state index contributed by atoms with van der Waals surface area (Å²) in [5.41, 5.74) is 0.313. The molecule has 2 rings (SSSR count). The molecule has 9 heteroatoms. The third-order valence-electron chi connectivity index (χ3n) is 2.30. The number of nitrogens with zero attached hydrogens (tertiary/aromatic N) is 2. The number of thiazole rings is 1. The average Bonchev–Trinajstić information content (AvgIpc) is 2.87. The molecule has 0 unspecified atom stereocenters. The summed E-state index contributed by atoms with van der Waals surface area (Å²) in [6.45, 7) is 0. The van der Waals surface area contributed by atoms with Gasteiger partial charge < -0.3 is 4.74 Å². The molecule has 1 N–H and O–H groups in total. The predicted molar refractivity (Wildman–Crippen MR) is 77.4 cm³/mol. The van der Waals surface area contributed by atoms with Gasteiger partial charge in [-0.3, -0.25) is 20.2 Å². The fourth-order valence-electron chi connectivity index (χ4n) is 1.42. The molecule has 1 aromatic heterocycles. The van der Waals surface area contributed by atoms with Crippen LogP contribution in [0.3, 0.4) is 0 Å². The van der Waals surface area contributed by atoms with Crippen LogP contribution < -0.4 is 10.1 Å². The Kier molecular flexibility index (Phi) is 4.30. The Hall–Kier alpha value is -2.00. The molecule has 1 amide bonds. The van der Waals surface area contributed by atoms with E-state index in [-0.39, 0.29) is 10.1 Å². The van der Waals surface area contributed by atoms with Crippen LogP contribution in [0.1, 0.15) is 10.4 Å². The minimum atomic E-state index is -0.562. The number of nitro groups is 1. The summed E-state index contributed by atoms with van der Waals surface area (Å²) in [6, 6.07) is 4.93. The SMILES string of the molecule is COc1cc(Br)ccc1C(=O)Nc1ncc([N+](=O)[O-])s1. The van der Waals surface area contributed by atoms with Gasteiger partial charge in [0.05, 0.1) is 17.6 Å². The maximum absolute atomic E-state index is 12.1. The van der Waals surface area contributed by atoms with E-state index in [1.165, 1.54) is 7.11 Å². The van der Waals surface area contributed by atoms with Crippen LogP contribution in [0.2, 0.25) is 0 Å². The minimum absolute atomic E-state index is 0.136. The van der Waals surface area contributed by atoms with Crippen molar-refractivity contribution in [2.75, 3.05) is 12.4 Å². The standard InChI is InChI=1S/C11H8BrN3O4S/c1-19-8-4-6(12)2-3-7(8)10(16)14-11-13-5-9(20-11)15(17)18/h2-5H,1H3,(H,13,14,16). The molecule has 20 heavy (non-hydrogen) atoms. The molecular weight excluding hydrogens is 350 g/mol. The molecule has 2 aromatic rings. The van der Waals surface area contributed by atoms with E-state index in [0.717, 1.165) is 22.0 Å². The van der Waals surface area contributed by atoms with E-state index in [1.54, 1.807) is 18.2 Å². The van der Waals surface area contributed by atoms with Crippen LogP contribution in [-0.4, -0.2) is 22.9 Å². The third-order valence-corrected chi connectivity index (χ3v) is 3.66. The van der Waals surface area contributed by atoms with Crippen LogP contribution >= 0.6 is 27.3 Å². The number of ether oxygens (including phenoxy) is 1.